The number of pyridine rings is 1. The van der Waals surface area contributed by atoms with Crippen molar-refractivity contribution < 1.29 is 0 Å². The zero-order valence-corrected chi connectivity index (χ0v) is 21.3. The summed E-state index contributed by atoms with van der Waals surface area (Å²) in [4.78, 5) is 6.88. The van der Waals surface area contributed by atoms with Gasteiger partial charge in [-0.05, 0) is 99.1 Å². The summed E-state index contributed by atoms with van der Waals surface area (Å²) in [6.07, 6.45) is 1.84. The van der Waals surface area contributed by atoms with Crippen LogP contribution in [0.2, 0.25) is 5.02 Å². The van der Waals surface area contributed by atoms with Crippen LogP contribution >= 0.6 is 23.8 Å². The summed E-state index contributed by atoms with van der Waals surface area (Å²) in [7, 11) is 0. The summed E-state index contributed by atoms with van der Waals surface area (Å²) >= 11 is 12.1. The second-order valence-corrected chi connectivity index (χ2v) is 9.70. The molecule has 2 aromatic carbocycles. The molecule has 0 saturated carbocycles. The van der Waals surface area contributed by atoms with E-state index in [1.807, 2.05) is 42.6 Å². The van der Waals surface area contributed by atoms with Gasteiger partial charge < -0.3 is 14.8 Å². The quantitative estimate of drug-likeness (QED) is 0.317. The predicted octanol–water partition coefficient (Wildman–Crippen LogP) is 6.94. The maximum Gasteiger partial charge on any atom is 0.174 e. The highest BCUT2D eigenvalue weighted by Crippen LogP contribution is 2.44. The maximum absolute atomic E-state index is 6.20. The zero-order chi connectivity index (χ0) is 24.0. The SMILES string of the molecule is Cc1cccc(C)c1-n1c(C)cc([C@H]2[C@@H](c3ccccn3)NC(=S)N2c2ccc(Cl)cc2)c1C. The third kappa shape index (κ3) is 3.79. The fourth-order valence-electron chi connectivity index (χ4n) is 5.14. The third-order valence-electron chi connectivity index (χ3n) is 6.65. The topological polar surface area (TPSA) is 33.1 Å². The highest BCUT2D eigenvalue weighted by Gasteiger charge is 2.42. The first-order valence-corrected chi connectivity index (χ1v) is 12.2. The van der Waals surface area contributed by atoms with Crippen molar-refractivity contribution in [3.63, 3.8) is 0 Å². The van der Waals surface area contributed by atoms with Gasteiger partial charge in [-0.3, -0.25) is 4.98 Å². The number of nitrogens with one attached hydrogen (secondary N) is 1. The Labute approximate surface area is 211 Å². The second kappa shape index (κ2) is 8.90. The van der Waals surface area contributed by atoms with Gasteiger partial charge in [0.15, 0.2) is 5.11 Å². The predicted molar refractivity (Wildman–Crippen MR) is 144 cm³/mol. The van der Waals surface area contributed by atoms with Gasteiger partial charge in [0.1, 0.15) is 0 Å². The van der Waals surface area contributed by atoms with Crippen molar-refractivity contribution in [2.75, 3.05) is 4.90 Å². The Kier molecular flexibility index (Phi) is 5.92. The lowest BCUT2D eigenvalue weighted by Crippen LogP contribution is -2.29. The normalized spacial score (nSPS) is 17.8. The lowest BCUT2D eigenvalue weighted by Gasteiger charge is -2.28. The third-order valence-corrected chi connectivity index (χ3v) is 7.22. The number of aryl methyl sites for hydroxylation is 3. The number of thiocarbonyl (C=S) groups is 1. The molecule has 1 aliphatic heterocycles. The molecule has 0 bridgehead atoms. The van der Waals surface area contributed by atoms with E-state index in [1.165, 1.54) is 33.8 Å². The molecule has 6 heteroatoms. The first-order chi connectivity index (χ1) is 16.4. The molecule has 1 fully saturated rings. The molecule has 0 unspecified atom stereocenters. The molecular formula is C28H27ClN4S. The standard InChI is InChI=1S/C28H27ClN4S/c1-17-8-7-9-18(2)26(17)32-19(3)16-23(20(32)4)27-25(24-10-5-6-15-30-24)31-28(34)33(27)22-13-11-21(29)12-14-22/h5-16,25,27H,1-4H3,(H,31,34)/t25-,27+/m1/s1. The Balaban J connectivity index is 1.71. The number of hydrogen-bond donors (Lipinski definition) is 1. The van der Waals surface area contributed by atoms with E-state index in [4.69, 9.17) is 23.8 Å². The molecule has 5 rings (SSSR count). The van der Waals surface area contributed by atoms with E-state index >= 15 is 0 Å². The number of rotatable bonds is 4. The number of aromatic nitrogens is 2. The van der Waals surface area contributed by atoms with Crippen molar-refractivity contribution >= 4 is 34.6 Å². The summed E-state index contributed by atoms with van der Waals surface area (Å²) < 4.78 is 2.37. The minimum absolute atomic E-state index is 0.0622. The van der Waals surface area contributed by atoms with Crippen molar-refractivity contribution in [3.05, 3.63) is 112 Å². The van der Waals surface area contributed by atoms with Gasteiger partial charge in [0, 0.05) is 28.3 Å². The number of benzene rings is 2. The lowest BCUT2D eigenvalue weighted by atomic mass is 9.96. The first kappa shape index (κ1) is 22.6. The van der Waals surface area contributed by atoms with E-state index in [1.54, 1.807) is 0 Å². The largest absolute Gasteiger partial charge is 0.351 e. The average molecular weight is 487 g/mol. The molecule has 2 atom stereocenters. The molecule has 4 aromatic rings. The van der Waals surface area contributed by atoms with E-state index < -0.39 is 0 Å². The van der Waals surface area contributed by atoms with E-state index in [0.717, 1.165) is 11.4 Å². The molecule has 4 nitrogen and oxygen atoms in total. The Hall–Kier alpha value is -3.15. The van der Waals surface area contributed by atoms with Gasteiger partial charge in [0.2, 0.25) is 0 Å². The van der Waals surface area contributed by atoms with Crippen LogP contribution in [0, 0.1) is 27.7 Å². The van der Waals surface area contributed by atoms with Crippen molar-refractivity contribution in [3.8, 4) is 5.69 Å². The van der Waals surface area contributed by atoms with E-state index in [2.05, 4.69) is 77.8 Å². The summed E-state index contributed by atoms with van der Waals surface area (Å²) in [5.41, 5.74) is 9.33. The summed E-state index contributed by atoms with van der Waals surface area (Å²) in [5.74, 6) is 0. The summed E-state index contributed by atoms with van der Waals surface area (Å²) in [6, 6.07) is 22.5. The fourth-order valence-corrected chi connectivity index (χ4v) is 5.61. The van der Waals surface area contributed by atoms with E-state index in [0.29, 0.717) is 10.1 Å². The molecule has 1 aliphatic rings. The Morgan fingerprint density at radius 3 is 2.26 bits per heavy atom. The van der Waals surface area contributed by atoms with Crippen LogP contribution in [0.1, 0.15) is 45.9 Å². The Morgan fingerprint density at radius 2 is 1.62 bits per heavy atom. The van der Waals surface area contributed by atoms with Gasteiger partial charge in [0.25, 0.3) is 0 Å². The van der Waals surface area contributed by atoms with Crippen molar-refractivity contribution in [2.24, 2.45) is 0 Å². The van der Waals surface area contributed by atoms with Gasteiger partial charge in [0.05, 0.1) is 23.5 Å². The Morgan fingerprint density at radius 1 is 0.912 bits per heavy atom. The molecule has 0 aliphatic carbocycles. The number of anilines is 1. The Bertz CT molecular complexity index is 1340. The van der Waals surface area contributed by atoms with Crippen molar-refractivity contribution in [2.45, 2.75) is 39.8 Å². The van der Waals surface area contributed by atoms with Crippen molar-refractivity contribution in [1.29, 1.82) is 0 Å². The fraction of sp³-hybridized carbons (Fsp3) is 0.214. The maximum atomic E-state index is 6.20. The molecule has 3 heterocycles. The van der Waals surface area contributed by atoms with Crippen LogP contribution < -0.4 is 10.2 Å². The molecule has 0 radical (unpaired) electrons. The van der Waals surface area contributed by atoms with Gasteiger partial charge in [-0.2, -0.15) is 0 Å². The summed E-state index contributed by atoms with van der Waals surface area (Å²) in [5, 5.41) is 4.94. The van der Waals surface area contributed by atoms with Crippen LogP contribution in [0.5, 0.6) is 0 Å². The molecule has 0 spiro atoms. The second-order valence-electron chi connectivity index (χ2n) is 8.88. The first-order valence-electron chi connectivity index (χ1n) is 11.4. The number of hydrogen-bond acceptors (Lipinski definition) is 2. The van der Waals surface area contributed by atoms with Crippen molar-refractivity contribution in [1.82, 2.24) is 14.9 Å². The van der Waals surface area contributed by atoms with Gasteiger partial charge in [-0.1, -0.05) is 35.9 Å². The van der Waals surface area contributed by atoms with Crippen LogP contribution in [0.25, 0.3) is 5.69 Å². The van der Waals surface area contributed by atoms with E-state index in [-0.39, 0.29) is 12.1 Å². The number of halogens is 1. The zero-order valence-electron chi connectivity index (χ0n) is 19.7. The highest BCUT2D eigenvalue weighted by atomic mass is 35.5. The van der Waals surface area contributed by atoms with Gasteiger partial charge >= 0.3 is 0 Å². The van der Waals surface area contributed by atoms with Crippen LogP contribution in [0.4, 0.5) is 5.69 Å². The molecule has 34 heavy (non-hydrogen) atoms. The van der Waals surface area contributed by atoms with Crippen LogP contribution in [0.15, 0.2) is 72.9 Å². The number of para-hydroxylation sites is 1. The molecule has 172 valence electrons. The van der Waals surface area contributed by atoms with Crippen LogP contribution in [-0.4, -0.2) is 14.7 Å². The minimum atomic E-state index is -0.0868. The number of nitrogens with zero attached hydrogens (tertiary/aromatic N) is 3. The smallest absolute Gasteiger partial charge is 0.174 e. The average Bonchev–Trinajstić information content (AvgIpc) is 3.31. The molecule has 2 aromatic heterocycles. The van der Waals surface area contributed by atoms with E-state index in [9.17, 15) is 0 Å². The molecule has 1 saturated heterocycles. The monoisotopic (exact) mass is 486 g/mol. The highest BCUT2D eigenvalue weighted by molar-refractivity contribution is 7.80. The molecule has 0 amide bonds. The van der Waals surface area contributed by atoms with Crippen LogP contribution in [-0.2, 0) is 0 Å². The molecular weight excluding hydrogens is 460 g/mol. The van der Waals surface area contributed by atoms with Crippen LogP contribution in [0.3, 0.4) is 0 Å². The molecule has 1 N–H and O–H groups in total. The minimum Gasteiger partial charge on any atom is -0.351 e. The van der Waals surface area contributed by atoms with Gasteiger partial charge in [-0.25, -0.2) is 0 Å². The lowest BCUT2D eigenvalue weighted by molar-refractivity contribution is 0.565. The van der Waals surface area contributed by atoms with Gasteiger partial charge in [-0.15, -0.1) is 0 Å². The summed E-state index contributed by atoms with van der Waals surface area (Å²) in [6.45, 7) is 8.71.